The molecule has 216 valence electrons. The van der Waals surface area contributed by atoms with Crippen molar-refractivity contribution >= 4 is 11.9 Å². The molecule has 1 N–H and O–H groups in total. The summed E-state index contributed by atoms with van der Waals surface area (Å²) in [6.45, 7) is 4.51. The fraction of sp³-hybridized carbons (Fsp3) is 0.812. The molecule has 3 saturated carbocycles. The summed E-state index contributed by atoms with van der Waals surface area (Å²) in [6.07, 6.45) is 18.4. The first-order valence-corrected chi connectivity index (χ1v) is 15.9. The van der Waals surface area contributed by atoms with E-state index in [4.69, 9.17) is 14.2 Å². The molecule has 7 nitrogen and oxygen atoms in total. The molecule has 6 rings (SSSR count). The van der Waals surface area contributed by atoms with Gasteiger partial charge in [-0.05, 0) is 63.0 Å². The molecule has 5 fully saturated rings. The number of Topliss-reactive ketones (excluding diaryl/α,β-unsaturated/α-hetero) is 1. The Labute approximate surface area is 233 Å². The van der Waals surface area contributed by atoms with Gasteiger partial charge in [-0.1, -0.05) is 64.4 Å². The number of rotatable bonds is 13. The van der Waals surface area contributed by atoms with Crippen LogP contribution in [0.25, 0.3) is 0 Å². The zero-order valence-electron chi connectivity index (χ0n) is 23.7. The van der Waals surface area contributed by atoms with Crippen LogP contribution in [0.2, 0.25) is 0 Å². The normalized spacial score (nSPS) is 36.5. The van der Waals surface area contributed by atoms with E-state index >= 15 is 0 Å². The highest BCUT2D eigenvalue weighted by Gasteiger charge is 2.77. The van der Waals surface area contributed by atoms with Gasteiger partial charge in [-0.3, -0.25) is 9.69 Å². The highest BCUT2D eigenvalue weighted by atomic mass is 16.7. The maximum Gasteiger partial charge on any atom is 0.513 e. The average Bonchev–Trinajstić information content (AvgIpc) is 3.66. The second kappa shape index (κ2) is 11.2. The van der Waals surface area contributed by atoms with Crippen molar-refractivity contribution in [2.75, 3.05) is 19.7 Å². The molecule has 1 spiro atoms. The first-order valence-electron chi connectivity index (χ1n) is 15.9. The number of hydrogen-bond acceptors (Lipinski definition) is 7. The van der Waals surface area contributed by atoms with E-state index in [1.165, 1.54) is 57.8 Å². The molecular weight excluding hydrogens is 494 g/mol. The van der Waals surface area contributed by atoms with Crippen LogP contribution in [-0.4, -0.2) is 59.4 Å². The van der Waals surface area contributed by atoms with Crippen LogP contribution in [0.4, 0.5) is 4.79 Å². The largest absolute Gasteiger partial charge is 0.513 e. The molecule has 2 saturated heterocycles. The Morgan fingerprint density at radius 2 is 1.85 bits per heavy atom. The molecule has 2 heterocycles. The van der Waals surface area contributed by atoms with Crippen molar-refractivity contribution < 1.29 is 28.9 Å². The average molecular weight is 542 g/mol. The van der Waals surface area contributed by atoms with E-state index in [2.05, 4.69) is 17.9 Å². The third-order valence-corrected chi connectivity index (χ3v) is 10.7. The topological polar surface area (TPSA) is 85.3 Å². The molecule has 39 heavy (non-hydrogen) atoms. The second-order valence-electron chi connectivity index (χ2n) is 13.1. The number of aliphatic hydroxyl groups is 1. The SMILES string of the molecule is CCCCCCCCCCCOC(=O)OC1=C2O[C@H]3C(=O)CC[C@@]4(O)C5CC(C=C1)C2[C@@]34CCN5CC1CC1. The predicted octanol–water partition coefficient (Wildman–Crippen LogP) is 6.05. The maximum atomic E-state index is 13.2. The lowest BCUT2D eigenvalue weighted by Gasteiger charge is -2.65. The van der Waals surface area contributed by atoms with Crippen molar-refractivity contribution in [3.8, 4) is 0 Å². The zero-order chi connectivity index (χ0) is 27.0. The molecular formula is C32H47NO6. The van der Waals surface area contributed by atoms with Crippen molar-refractivity contribution in [2.45, 2.75) is 121 Å². The lowest BCUT2D eigenvalue weighted by molar-refractivity contribution is -0.244. The van der Waals surface area contributed by atoms with E-state index in [1.807, 2.05) is 6.08 Å². The van der Waals surface area contributed by atoms with Crippen LogP contribution in [0.1, 0.15) is 103 Å². The Morgan fingerprint density at radius 3 is 2.59 bits per heavy atom. The summed E-state index contributed by atoms with van der Waals surface area (Å²) in [6, 6.07) is 0.0417. The molecule has 6 aliphatic rings. The maximum absolute atomic E-state index is 13.2. The van der Waals surface area contributed by atoms with Crippen LogP contribution in [0, 0.1) is 23.2 Å². The van der Waals surface area contributed by atoms with Crippen molar-refractivity contribution in [3.05, 3.63) is 23.7 Å². The van der Waals surface area contributed by atoms with E-state index in [9.17, 15) is 14.7 Å². The predicted molar refractivity (Wildman–Crippen MR) is 147 cm³/mol. The molecule has 0 aromatic rings. The van der Waals surface area contributed by atoms with Gasteiger partial charge in [0.25, 0.3) is 0 Å². The Bertz CT molecular complexity index is 1000. The number of unbranched alkanes of at least 4 members (excludes halogenated alkanes) is 8. The smallest absolute Gasteiger partial charge is 0.482 e. The van der Waals surface area contributed by atoms with Crippen molar-refractivity contribution in [1.82, 2.24) is 4.90 Å². The Kier molecular flexibility index (Phi) is 7.84. The number of likely N-dealkylation sites (tertiary alicyclic amines) is 1. The highest BCUT2D eigenvalue weighted by molar-refractivity contribution is 5.87. The number of piperidine rings is 1. The summed E-state index contributed by atoms with van der Waals surface area (Å²) in [5, 5.41) is 12.4. The second-order valence-corrected chi connectivity index (χ2v) is 13.1. The van der Waals surface area contributed by atoms with Gasteiger partial charge in [-0.15, -0.1) is 0 Å². The van der Waals surface area contributed by atoms with Crippen LogP contribution in [0.5, 0.6) is 0 Å². The van der Waals surface area contributed by atoms with E-state index in [-0.39, 0.29) is 23.7 Å². The lowest BCUT2D eigenvalue weighted by Crippen LogP contribution is -2.76. The Balaban J connectivity index is 1.08. The van der Waals surface area contributed by atoms with Crippen molar-refractivity contribution in [1.29, 1.82) is 0 Å². The molecule has 7 heteroatoms. The molecule has 0 aromatic heterocycles. The molecule has 2 aliphatic heterocycles. The number of ketones is 1. The van der Waals surface area contributed by atoms with E-state index in [0.29, 0.717) is 31.0 Å². The summed E-state index contributed by atoms with van der Waals surface area (Å²) in [5.74, 6) is 1.78. The van der Waals surface area contributed by atoms with Gasteiger partial charge in [-0.2, -0.15) is 0 Å². The quantitative estimate of drug-likeness (QED) is 0.224. The molecule has 3 unspecified atom stereocenters. The number of allylic oxidation sites excluding steroid dienone is 3. The minimum absolute atomic E-state index is 0.0417. The van der Waals surface area contributed by atoms with Gasteiger partial charge in [0.1, 0.15) is 5.76 Å². The van der Waals surface area contributed by atoms with Crippen LogP contribution in [0.3, 0.4) is 0 Å². The molecule has 0 amide bonds. The van der Waals surface area contributed by atoms with E-state index < -0.39 is 23.3 Å². The summed E-state index contributed by atoms with van der Waals surface area (Å²) < 4.78 is 17.5. The molecule has 0 aromatic carbocycles. The number of carbonyl (C=O) groups is 2. The van der Waals surface area contributed by atoms with Crippen molar-refractivity contribution in [3.63, 3.8) is 0 Å². The van der Waals surface area contributed by atoms with Gasteiger partial charge in [-0.25, -0.2) is 4.79 Å². The van der Waals surface area contributed by atoms with E-state index in [1.54, 1.807) is 0 Å². The summed E-state index contributed by atoms with van der Waals surface area (Å²) >= 11 is 0. The Morgan fingerprint density at radius 1 is 1.10 bits per heavy atom. The first kappa shape index (κ1) is 27.3. The van der Waals surface area contributed by atoms with E-state index in [0.717, 1.165) is 44.7 Å². The minimum Gasteiger partial charge on any atom is -0.482 e. The van der Waals surface area contributed by atoms with Crippen LogP contribution >= 0.6 is 0 Å². The molecule has 2 bridgehead atoms. The third kappa shape index (κ3) is 4.86. The van der Waals surface area contributed by atoms with Crippen LogP contribution in [0.15, 0.2) is 23.7 Å². The summed E-state index contributed by atoms with van der Waals surface area (Å²) in [5.41, 5.74) is -1.61. The first-order chi connectivity index (χ1) is 19.0. The van der Waals surface area contributed by atoms with Gasteiger partial charge in [0, 0.05) is 24.9 Å². The number of nitrogens with zero attached hydrogens (tertiary/aromatic N) is 1. The van der Waals surface area contributed by atoms with Gasteiger partial charge in [0.2, 0.25) is 0 Å². The number of hydrogen-bond donors (Lipinski definition) is 1. The molecule has 4 aliphatic carbocycles. The highest BCUT2D eigenvalue weighted by Crippen LogP contribution is 2.69. The fourth-order valence-electron chi connectivity index (χ4n) is 8.63. The number of ether oxygens (including phenoxy) is 3. The monoisotopic (exact) mass is 541 g/mol. The lowest BCUT2D eigenvalue weighted by atomic mass is 9.44. The fourth-order valence-corrected chi connectivity index (χ4v) is 8.63. The summed E-state index contributed by atoms with van der Waals surface area (Å²) in [7, 11) is 0. The third-order valence-electron chi connectivity index (χ3n) is 10.7. The molecule has 6 atom stereocenters. The van der Waals surface area contributed by atoms with Crippen molar-refractivity contribution in [2.24, 2.45) is 23.2 Å². The number of carbonyl (C=O) groups excluding carboxylic acids is 2. The molecule has 0 radical (unpaired) electrons. The zero-order valence-corrected chi connectivity index (χ0v) is 23.7. The van der Waals surface area contributed by atoms with Crippen LogP contribution in [-0.2, 0) is 19.0 Å². The summed E-state index contributed by atoms with van der Waals surface area (Å²) in [4.78, 5) is 28.3. The van der Waals surface area contributed by atoms with Gasteiger partial charge >= 0.3 is 6.16 Å². The van der Waals surface area contributed by atoms with Gasteiger partial charge in [0.15, 0.2) is 17.6 Å². The van der Waals surface area contributed by atoms with Gasteiger partial charge in [0.05, 0.1) is 17.6 Å². The van der Waals surface area contributed by atoms with Crippen LogP contribution < -0.4 is 0 Å². The standard InChI is InChI=1S/C32H47NO6/c1-2-3-4-5-6-7-8-9-10-19-37-30(35)38-25-14-13-23-20-26-32(36)16-15-24(34)29-31(32,27(23)28(25)39-29)17-18-33(26)21-22-11-12-22/h13-14,22-23,26-27,29,36H,2-12,15-21H2,1H3/t23?,26?,27?,29-,31-,32+/m0/s1. The Hall–Kier alpha value is -1.86. The minimum atomic E-state index is -0.964. The van der Waals surface area contributed by atoms with Gasteiger partial charge < -0.3 is 19.3 Å².